The maximum Gasteiger partial charge on any atom is 0.265 e. The van der Waals surface area contributed by atoms with Gasteiger partial charge in [-0.25, -0.2) is 0 Å². The van der Waals surface area contributed by atoms with Gasteiger partial charge in [0.1, 0.15) is 12.6 Å². The summed E-state index contributed by atoms with van der Waals surface area (Å²) in [7, 11) is 0. The first kappa shape index (κ1) is 14.3. The number of hydrogen-bond donors (Lipinski definition) is 1. The summed E-state index contributed by atoms with van der Waals surface area (Å²) in [5.41, 5.74) is 1.27. The van der Waals surface area contributed by atoms with Gasteiger partial charge >= 0.3 is 0 Å². The number of piperazine rings is 1. The molecule has 1 N–H and O–H groups in total. The lowest BCUT2D eigenvalue weighted by Crippen LogP contribution is -2.58. The van der Waals surface area contributed by atoms with E-state index in [1.54, 1.807) is 6.92 Å². The van der Waals surface area contributed by atoms with Crippen LogP contribution in [-0.4, -0.2) is 35.2 Å². The van der Waals surface area contributed by atoms with Crippen LogP contribution in [0.4, 0.5) is 0 Å². The Morgan fingerprint density at radius 1 is 1.29 bits per heavy atom. The Kier molecular flexibility index (Phi) is 3.80. The van der Waals surface area contributed by atoms with Crippen LogP contribution < -0.4 is 5.32 Å². The minimum absolute atomic E-state index is 0.0473. The lowest BCUT2D eigenvalue weighted by molar-refractivity contribution is -0.138. The molecule has 0 spiro atoms. The van der Waals surface area contributed by atoms with Crippen molar-refractivity contribution in [3.63, 3.8) is 0 Å². The summed E-state index contributed by atoms with van der Waals surface area (Å²) in [4.78, 5) is 39.1. The molecule has 1 fully saturated rings. The predicted molar refractivity (Wildman–Crippen MR) is 79.2 cm³/mol. The quantitative estimate of drug-likeness (QED) is 0.631. The fourth-order valence-corrected chi connectivity index (χ4v) is 4.09. The van der Waals surface area contributed by atoms with Crippen molar-refractivity contribution in [3.8, 4) is 0 Å². The molecule has 0 saturated carbocycles. The molecule has 21 heavy (non-hydrogen) atoms. The summed E-state index contributed by atoms with van der Waals surface area (Å²) in [6.07, 6.45) is 5.62. The molecular formula is C15H18N2O3S. The molecule has 1 aliphatic carbocycles. The fraction of sp³-hybridized carbons (Fsp3) is 0.533. The number of nitrogens with zero attached hydrogens (tertiary/aromatic N) is 1. The van der Waals surface area contributed by atoms with Crippen molar-refractivity contribution < 1.29 is 14.4 Å². The zero-order chi connectivity index (χ0) is 15.0. The number of aryl methyl sites for hydroxylation is 2. The highest BCUT2D eigenvalue weighted by molar-refractivity contribution is 7.14. The van der Waals surface area contributed by atoms with Crippen LogP contribution in [0.3, 0.4) is 0 Å². The Labute approximate surface area is 127 Å². The maximum atomic E-state index is 12.6. The van der Waals surface area contributed by atoms with Gasteiger partial charge in [-0.1, -0.05) is 6.42 Å². The maximum absolute atomic E-state index is 12.6. The average molecular weight is 306 g/mol. The minimum Gasteiger partial charge on any atom is -0.317 e. The van der Waals surface area contributed by atoms with Gasteiger partial charge in [0.25, 0.3) is 5.91 Å². The number of hydrogen-bond acceptors (Lipinski definition) is 4. The van der Waals surface area contributed by atoms with Crippen LogP contribution in [0.2, 0.25) is 0 Å². The van der Waals surface area contributed by atoms with Crippen molar-refractivity contribution in [2.45, 2.75) is 45.1 Å². The third-order valence-electron chi connectivity index (χ3n) is 4.14. The van der Waals surface area contributed by atoms with Crippen LogP contribution in [-0.2, 0) is 22.4 Å². The monoisotopic (exact) mass is 306 g/mol. The van der Waals surface area contributed by atoms with E-state index in [1.807, 2.05) is 6.07 Å². The molecule has 2 heterocycles. The normalized spacial score (nSPS) is 22.5. The van der Waals surface area contributed by atoms with Gasteiger partial charge in [-0.2, -0.15) is 0 Å². The van der Waals surface area contributed by atoms with E-state index < -0.39 is 17.9 Å². The van der Waals surface area contributed by atoms with Crippen LogP contribution in [0, 0.1) is 0 Å². The second kappa shape index (κ2) is 5.60. The first-order valence-electron chi connectivity index (χ1n) is 7.32. The van der Waals surface area contributed by atoms with E-state index in [-0.39, 0.29) is 12.5 Å². The molecule has 6 heteroatoms. The highest BCUT2D eigenvalue weighted by Gasteiger charge is 2.34. The van der Waals surface area contributed by atoms with Crippen LogP contribution >= 0.6 is 11.3 Å². The summed E-state index contributed by atoms with van der Waals surface area (Å²) in [5.74, 6) is -1.02. The Morgan fingerprint density at radius 3 is 2.86 bits per heavy atom. The van der Waals surface area contributed by atoms with E-state index in [4.69, 9.17) is 0 Å². The lowest BCUT2D eigenvalue weighted by Gasteiger charge is -2.31. The van der Waals surface area contributed by atoms with Crippen LogP contribution in [0.25, 0.3) is 0 Å². The van der Waals surface area contributed by atoms with Crippen molar-refractivity contribution in [3.05, 3.63) is 21.4 Å². The van der Waals surface area contributed by atoms with E-state index >= 15 is 0 Å². The second-order valence-corrected chi connectivity index (χ2v) is 6.78. The Bertz CT molecular complexity index is 585. The number of nitrogens with one attached hydrogen (secondary N) is 1. The fourth-order valence-electron chi connectivity index (χ4n) is 2.88. The Balaban J connectivity index is 1.84. The van der Waals surface area contributed by atoms with Crippen molar-refractivity contribution in [1.82, 2.24) is 10.2 Å². The van der Waals surface area contributed by atoms with Crippen molar-refractivity contribution in [2.24, 2.45) is 0 Å². The van der Waals surface area contributed by atoms with E-state index in [0.29, 0.717) is 4.88 Å². The zero-order valence-corrected chi connectivity index (χ0v) is 12.8. The van der Waals surface area contributed by atoms with Gasteiger partial charge in [-0.3, -0.25) is 19.7 Å². The van der Waals surface area contributed by atoms with Gasteiger partial charge in [-0.15, -0.1) is 11.3 Å². The molecular weight excluding hydrogens is 288 g/mol. The molecule has 112 valence electrons. The molecule has 1 aliphatic heterocycles. The standard InChI is InChI=1S/C15H18N2O3S/c1-9-14(19)16-13(18)8-17(9)15(20)12-7-10-5-3-2-4-6-11(10)21-12/h7,9H,2-6,8H2,1H3,(H,16,18,19). The zero-order valence-electron chi connectivity index (χ0n) is 12.0. The van der Waals surface area contributed by atoms with Crippen LogP contribution in [0.1, 0.15) is 46.3 Å². The molecule has 0 radical (unpaired) electrons. The van der Waals surface area contributed by atoms with Gasteiger partial charge in [-0.05, 0) is 44.2 Å². The first-order chi connectivity index (χ1) is 10.1. The van der Waals surface area contributed by atoms with Crippen LogP contribution in [0.5, 0.6) is 0 Å². The molecule has 0 aromatic carbocycles. The summed E-state index contributed by atoms with van der Waals surface area (Å²) in [6, 6.07) is 1.36. The Morgan fingerprint density at radius 2 is 2.05 bits per heavy atom. The third-order valence-corrected chi connectivity index (χ3v) is 5.37. The molecule has 1 unspecified atom stereocenters. The molecule has 1 aromatic heterocycles. The SMILES string of the molecule is CC1C(=O)NC(=O)CN1C(=O)c1cc2c(s1)CCCCC2. The number of imide groups is 1. The number of fused-ring (bicyclic) bond motifs is 1. The van der Waals surface area contributed by atoms with Crippen molar-refractivity contribution in [2.75, 3.05) is 6.54 Å². The number of amides is 3. The summed E-state index contributed by atoms with van der Waals surface area (Å²) < 4.78 is 0. The highest BCUT2D eigenvalue weighted by Crippen LogP contribution is 2.30. The minimum atomic E-state index is -0.600. The van der Waals surface area contributed by atoms with E-state index in [0.717, 1.165) is 12.8 Å². The summed E-state index contributed by atoms with van der Waals surface area (Å²) >= 11 is 1.52. The van der Waals surface area contributed by atoms with Crippen molar-refractivity contribution >= 4 is 29.1 Å². The number of thiophene rings is 1. The van der Waals surface area contributed by atoms with E-state index in [2.05, 4.69) is 5.32 Å². The molecule has 1 aromatic rings. The average Bonchev–Trinajstić information content (AvgIpc) is 2.73. The molecule has 2 aliphatic rings. The van der Waals surface area contributed by atoms with E-state index in [1.165, 1.54) is 45.9 Å². The number of rotatable bonds is 1. The van der Waals surface area contributed by atoms with Crippen molar-refractivity contribution in [1.29, 1.82) is 0 Å². The molecule has 3 rings (SSSR count). The smallest absolute Gasteiger partial charge is 0.265 e. The number of carbonyl (C=O) groups is 3. The molecule has 0 bridgehead atoms. The van der Waals surface area contributed by atoms with Gasteiger partial charge in [0.2, 0.25) is 11.8 Å². The first-order valence-corrected chi connectivity index (χ1v) is 8.14. The lowest BCUT2D eigenvalue weighted by atomic mass is 10.1. The third kappa shape index (κ3) is 2.72. The van der Waals surface area contributed by atoms with Gasteiger partial charge in [0.05, 0.1) is 4.88 Å². The predicted octanol–water partition coefficient (Wildman–Crippen LogP) is 1.50. The van der Waals surface area contributed by atoms with Gasteiger partial charge < -0.3 is 4.90 Å². The van der Waals surface area contributed by atoms with Crippen LogP contribution in [0.15, 0.2) is 6.07 Å². The Hall–Kier alpha value is -1.69. The largest absolute Gasteiger partial charge is 0.317 e. The topological polar surface area (TPSA) is 66.5 Å². The summed E-state index contributed by atoms with van der Waals surface area (Å²) in [5, 5.41) is 2.25. The summed E-state index contributed by atoms with van der Waals surface area (Å²) in [6.45, 7) is 1.60. The number of carbonyl (C=O) groups excluding carboxylic acids is 3. The highest BCUT2D eigenvalue weighted by atomic mass is 32.1. The molecule has 5 nitrogen and oxygen atoms in total. The molecule has 1 atom stereocenters. The molecule has 3 amide bonds. The van der Waals surface area contributed by atoms with E-state index in [9.17, 15) is 14.4 Å². The molecule has 1 saturated heterocycles. The van der Waals surface area contributed by atoms with Gasteiger partial charge in [0.15, 0.2) is 0 Å². The second-order valence-electron chi connectivity index (χ2n) is 5.64. The van der Waals surface area contributed by atoms with Gasteiger partial charge in [0, 0.05) is 4.88 Å².